The summed E-state index contributed by atoms with van der Waals surface area (Å²) in [5.41, 5.74) is -0.148. The summed E-state index contributed by atoms with van der Waals surface area (Å²) in [5, 5.41) is 25.8. The summed E-state index contributed by atoms with van der Waals surface area (Å²) in [6.45, 7) is 0.833. The monoisotopic (exact) mass is 371 g/mol. The molecule has 0 unspecified atom stereocenters. The first-order valence-corrected chi connectivity index (χ1v) is 9.82. The molecule has 3 N–H and O–H groups in total. The average Bonchev–Trinajstić information content (AvgIpc) is 2.56. The maximum atomic E-state index is 13.6. The number of halogens is 1. The van der Waals surface area contributed by atoms with E-state index in [4.69, 9.17) is 5.26 Å². The zero-order valence-corrected chi connectivity index (χ0v) is 15.4. The van der Waals surface area contributed by atoms with E-state index in [-0.39, 0.29) is 16.9 Å². The molecule has 0 aliphatic heterocycles. The molecule has 2 atom stereocenters. The first-order valence-electron chi connectivity index (χ1n) is 9.82. The minimum atomic E-state index is -0.550. The molecule has 5 nitrogen and oxygen atoms in total. The van der Waals surface area contributed by atoms with Crippen molar-refractivity contribution in [3.05, 3.63) is 29.6 Å². The van der Waals surface area contributed by atoms with E-state index in [9.17, 15) is 14.3 Å². The van der Waals surface area contributed by atoms with Crippen LogP contribution in [0, 0.1) is 34.4 Å². The summed E-state index contributed by atoms with van der Waals surface area (Å²) in [7, 11) is 0. The molecule has 1 aromatic carbocycles. The van der Waals surface area contributed by atoms with Crippen molar-refractivity contribution in [1.29, 1.82) is 5.26 Å². The zero-order chi connectivity index (χ0) is 19.1. The first-order chi connectivity index (χ1) is 12.9. The number of hydrogen-bond acceptors (Lipinski definition) is 4. The van der Waals surface area contributed by atoms with Crippen molar-refractivity contribution in [3.63, 3.8) is 0 Å². The fraction of sp³-hybridized carbons (Fsp3) is 0.619. The van der Waals surface area contributed by atoms with Crippen LogP contribution in [-0.2, 0) is 4.79 Å². The second-order valence-electron chi connectivity index (χ2n) is 8.91. The number of anilines is 1. The minimum absolute atomic E-state index is 0.00867. The summed E-state index contributed by atoms with van der Waals surface area (Å²) in [6, 6.07) is 6.31. The van der Waals surface area contributed by atoms with Gasteiger partial charge in [-0.1, -0.05) is 6.07 Å². The van der Waals surface area contributed by atoms with E-state index in [1.807, 2.05) is 6.07 Å². The van der Waals surface area contributed by atoms with Crippen LogP contribution < -0.4 is 10.6 Å². The fourth-order valence-corrected chi connectivity index (χ4v) is 6.20. The number of amides is 1. The molecule has 0 spiro atoms. The van der Waals surface area contributed by atoms with E-state index < -0.39 is 11.4 Å². The van der Waals surface area contributed by atoms with Gasteiger partial charge in [0.1, 0.15) is 17.4 Å². The third kappa shape index (κ3) is 3.66. The molecule has 4 saturated carbocycles. The van der Waals surface area contributed by atoms with Gasteiger partial charge in [-0.15, -0.1) is 0 Å². The Hall–Kier alpha value is -2.13. The Labute approximate surface area is 159 Å². The highest BCUT2D eigenvalue weighted by atomic mass is 19.1. The van der Waals surface area contributed by atoms with Crippen molar-refractivity contribution >= 4 is 11.6 Å². The van der Waals surface area contributed by atoms with Crippen molar-refractivity contribution in [2.75, 3.05) is 18.4 Å². The normalized spacial score (nSPS) is 33.5. The number of aliphatic hydroxyl groups is 1. The average molecular weight is 371 g/mol. The standard InChI is InChI=1S/C21H26FN3O2/c22-17-2-1-3-18(16(17)12-23)24-4-5-25-19(26)11-20-7-14-6-15(8-20)10-21(27,9-14)13-20/h1-3,14-15,24,27H,4-11,13H2,(H,25,26)/t14-,15-,20?,21?/m1/s1. The van der Waals surface area contributed by atoms with E-state index in [1.54, 1.807) is 12.1 Å². The number of carbonyl (C=O) groups is 1. The predicted molar refractivity (Wildman–Crippen MR) is 99.3 cm³/mol. The SMILES string of the molecule is N#Cc1c(F)cccc1NCCNC(=O)CC12C[C@H]3C[C@@H](CC(O)(C3)C1)C2. The Morgan fingerprint density at radius 3 is 2.67 bits per heavy atom. The highest BCUT2D eigenvalue weighted by molar-refractivity contribution is 5.76. The second kappa shape index (κ2) is 6.79. The van der Waals surface area contributed by atoms with E-state index in [2.05, 4.69) is 10.6 Å². The number of carbonyl (C=O) groups excluding carboxylic acids is 1. The molecule has 4 fully saturated rings. The number of rotatable bonds is 6. The third-order valence-electron chi connectivity index (χ3n) is 6.57. The quantitative estimate of drug-likeness (QED) is 0.671. The lowest BCUT2D eigenvalue weighted by Crippen LogP contribution is -2.56. The summed E-state index contributed by atoms with van der Waals surface area (Å²) in [5.74, 6) is 0.611. The van der Waals surface area contributed by atoms with Crippen molar-refractivity contribution < 1.29 is 14.3 Å². The van der Waals surface area contributed by atoms with Gasteiger partial charge in [-0.3, -0.25) is 4.79 Å². The van der Waals surface area contributed by atoms with Gasteiger partial charge in [0.05, 0.1) is 11.3 Å². The van der Waals surface area contributed by atoms with Gasteiger partial charge in [0, 0.05) is 19.5 Å². The van der Waals surface area contributed by atoms with Crippen LogP contribution in [0.3, 0.4) is 0 Å². The molecule has 5 rings (SSSR count). The van der Waals surface area contributed by atoms with Crippen molar-refractivity contribution in [1.82, 2.24) is 5.32 Å². The number of nitrogens with zero attached hydrogens (tertiary/aromatic N) is 1. The Bertz CT molecular complexity index is 774. The molecule has 4 aliphatic rings. The third-order valence-corrected chi connectivity index (χ3v) is 6.57. The summed E-state index contributed by atoms with van der Waals surface area (Å²) in [4.78, 5) is 12.5. The van der Waals surface area contributed by atoms with E-state index in [0.717, 1.165) is 32.1 Å². The largest absolute Gasteiger partial charge is 0.390 e. The molecule has 27 heavy (non-hydrogen) atoms. The van der Waals surface area contributed by atoms with Gasteiger partial charge in [-0.2, -0.15) is 5.26 Å². The number of benzene rings is 1. The topological polar surface area (TPSA) is 85.2 Å². The van der Waals surface area contributed by atoms with Crippen LogP contribution >= 0.6 is 0 Å². The molecule has 0 aromatic heterocycles. The zero-order valence-electron chi connectivity index (χ0n) is 15.4. The summed E-state index contributed by atoms with van der Waals surface area (Å²) >= 11 is 0. The second-order valence-corrected chi connectivity index (χ2v) is 8.91. The maximum absolute atomic E-state index is 13.6. The van der Waals surface area contributed by atoms with E-state index in [1.165, 1.54) is 12.5 Å². The molecule has 6 heteroatoms. The van der Waals surface area contributed by atoms with Crippen LogP contribution in [0.2, 0.25) is 0 Å². The molecule has 4 aliphatic carbocycles. The van der Waals surface area contributed by atoms with Crippen molar-refractivity contribution in [3.8, 4) is 6.07 Å². The molecule has 0 saturated heterocycles. The van der Waals surface area contributed by atoms with Crippen LogP contribution in [0.4, 0.5) is 10.1 Å². The van der Waals surface area contributed by atoms with Crippen LogP contribution in [0.25, 0.3) is 0 Å². The molecule has 144 valence electrons. The Kier molecular flexibility index (Phi) is 4.59. The van der Waals surface area contributed by atoms with Gasteiger partial charge in [0.15, 0.2) is 0 Å². The fourth-order valence-electron chi connectivity index (χ4n) is 6.20. The van der Waals surface area contributed by atoms with Crippen molar-refractivity contribution in [2.24, 2.45) is 17.3 Å². The first kappa shape index (κ1) is 18.2. The molecule has 4 bridgehead atoms. The van der Waals surface area contributed by atoms with Crippen LogP contribution in [0.15, 0.2) is 18.2 Å². The molecule has 1 aromatic rings. The molecule has 0 heterocycles. The van der Waals surface area contributed by atoms with E-state index in [0.29, 0.717) is 37.0 Å². The smallest absolute Gasteiger partial charge is 0.220 e. The van der Waals surface area contributed by atoms with Gasteiger partial charge >= 0.3 is 0 Å². The Balaban J connectivity index is 1.28. The number of nitrogens with one attached hydrogen (secondary N) is 2. The number of hydrogen-bond donors (Lipinski definition) is 3. The van der Waals surface area contributed by atoms with Crippen LogP contribution in [-0.4, -0.2) is 29.7 Å². The minimum Gasteiger partial charge on any atom is -0.390 e. The molecule has 1 amide bonds. The van der Waals surface area contributed by atoms with Crippen LogP contribution in [0.5, 0.6) is 0 Å². The highest BCUT2D eigenvalue weighted by Crippen LogP contribution is 2.62. The van der Waals surface area contributed by atoms with Gasteiger partial charge < -0.3 is 15.7 Å². The van der Waals surface area contributed by atoms with Crippen molar-refractivity contribution in [2.45, 2.75) is 50.5 Å². The van der Waals surface area contributed by atoms with Crippen LogP contribution in [0.1, 0.15) is 50.5 Å². The summed E-state index contributed by atoms with van der Waals surface area (Å²) < 4.78 is 13.6. The van der Waals surface area contributed by atoms with E-state index >= 15 is 0 Å². The van der Waals surface area contributed by atoms with Gasteiger partial charge in [0.25, 0.3) is 0 Å². The lowest BCUT2D eigenvalue weighted by atomic mass is 9.47. The molecular formula is C21H26FN3O2. The summed E-state index contributed by atoms with van der Waals surface area (Å²) in [6.07, 6.45) is 6.39. The maximum Gasteiger partial charge on any atom is 0.220 e. The lowest BCUT2D eigenvalue weighted by Gasteiger charge is -2.60. The highest BCUT2D eigenvalue weighted by Gasteiger charge is 2.57. The van der Waals surface area contributed by atoms with Gasteiger partial charge in [0.2, 0.25) is 5.91 Å². The predicted octanol–water partition coefficient (Wildman–Crippen LogP) is 2.95. The molecular weight excluding hydrogens is 345 g/mol. The number of nitriles is 1. The van der Waals surface area contributed by atoms with Gasteiger partial charge in [-0.25, -0.2) is 4.39 Å². The Morgan fingerprint density at radius 1 is 1.26 bits per heavy atom. The molecule has 0 radical (unpaired) electrons. The van der Waals surface area contributed by atoms with Gasteiger partial charge in [-0.05, 0) is 67.9 Å². The lowest BCUT2D eigenvalue weighted by molar-refractivity contribution is -0.169. The Morgan fingerprint density at radius 2 is 2.00 bits per heavy atom.